The van der Waals surface area contributed by atoms with Gasteiger partial charge in [-0.15, -0.1) is 0 Å². The number of unbranched alkanes of at least 4 members (excludes halogenated alkanes) is 1. The Morgan fingerprint density at radius 3 is 2.58 bits per heavy atom. The van der Waals surface area contributed by atoms with Gasteiger partial charge in [-0.2, -0.15) is 0 Å². The fraction of sp³-hybridized carbons (Fsp3) is 0.462. The Morgan fingerprint density at radius 2 is 1.91 bits per heavy atom. The summed E-state index contributed by atoms with van der Waals surface area (Å²) in [6, 6.07) is 9.65. The van der Waals surface area contributed by atoms with E-state index in [0.717, 1.165) is 32.5 Å². The molecule has 178 valence electrons. The molecule has 2 aromatic rings. The molecular weight excluding hydrogens is 420 g/mol. The Bertz CT molecular complexity index is 963. The first kappa shape index (κ1) is 24.6. The molecule has 1 saturated heterocycles. The second-order valence-corrected chi connectivity index (χ2v) is 8.12. The third-order valence-electron chi connectivity index (χ3n) is 5.99. The van der Waals surface area contributed by atoms with Crippen LogP contribution < -0.4 is 4.74 Å². The Labute approximate surface area is 195 Å². The van der Waals surface area contributed by atoms with E-state index in [1.165, 1.54) is 11.2 Å². The molecule has 1 aromatic carbocycles. The minimum absolute atomic E-state index is 0.0449. The van der Waals surface area contributed by atoms with Crippen LogP contribution in [-0.2, 0) is 9.59 Å². The lowest BCUT2D eigenvalue weighted by atomic mass is 9.99. The number of carbonyl (C=O) groups is 2. The lowest BCUT2D eigenvalue weighted by Gasteiger charge is -2.25. The van der Waals surface area contributed by atoms with Gasteiger partial charge in [0.15, 0.2) is 0 Å². The molecule has 1 aliphatic heterocycles. The van der Waals surface area contributed by atoms with Crippen LogP contribution in [0.4, 0.5) is 0 Å². The summed E-state index contributed by atoms with van der Waals surface area (Å²) < 4.78 is 11.3. The molecule has 1 amide bonds. The summed E-state index contributed by atoms with van der Waals surface area (Å²) in [4.78, 5) is 29.8. The van der Waals surface area contributed by atoms with Crippen molar-refractivity contribution in [3.05, 3.63) is 59.6 Å². The van der Waals surface area contributed by atoms with Crippen molar-refractivity contribution in [1.29, 1.82) is 0 Å². The number of amides is 1. The SMILES string of the molecule is CCCCOc1cccc(C(O)=C2C(=O)C(=O)N(CCCN(CC)CC)C2c2ccco2)c1. The van der Waals surface area contributed by atoms with Crippen LogP contribution in [0.3, 0.4) is 0 Å². The quantitative estimate of drug-likeness (QED) is 0.218. The van der Waals surface area contributed by atoms with Gasteiger partial charge in [0, 0.05) is 12.1 Å². The summed E-state index contributed by atoms with van der Waals surface area (Å²) in [5, 5.41) is 11.2. The molecule has 1 aromatic heterocycles. The number of ketones is 1. The van der Waals surface area contributed by atoms with E-state index in [9.17, 15) is 14.7 Å². The molecule has 33 heavy (non-hydrogen) atoms. The molecule has 0 aliphatic carbocycles. The maximum absolute atomic E-state index is 13.0. The summed E-state index contributed by atoms with van der Waals surface area (Å²) in [5.41, 5.74) is 0.477. The molecule has 1 fully saturated rings. The maximum atomic E-state index is 13.0. The topological polar surface area (TPSA) is 83.2 Å². The fourth-order valence-corrected chi connectivity index (χ4v) is 4.08. The predicted octanol–water partition coefficient (Wildman–Crippen LogP) is 4.61. The molecule has 1 unspecified atom stereocenters. The Balaban J connectivity index is 1.92. The first-order chi connectivity index (χ1) is 16.0. The van der Waals surface area contributed by atoms with Crippen molar-refractivity contribution in [2.45, 2.75) is 46.1 Å². The third-order valence-corrected chi connectivity index (χ3v) is 5.99. The minimum atomic E-state index is -0.763. The standard InChI is InChI=1S/C26H34N2O5/c1-4-7-16-32-20-12-8-11-19(18-20)24(29)22-23(21-13-9-17-33-21)28(26(31)25(22)30)15-10-14-27(5-2)6-3/h8-9,11-13,17-18,23,29H,4-7,10,14-16H2,1-3H3. The van der Waals surface area contributed by atoms with Gasteiger partial charge in [-0.1, -0.05) is 39.3 Å². The van der Waals surface area contributed by atoms with Gasteiger partial charge < -0.3 is 24.1 Å². The van der Waals surface area contributed by atoms with Crippen LogP contribution in [0.2, 0.25) is 0 Å². The normalized spacial score (nSPS) is 17.8. The summed E-state index contributed by atoms with van der Waals surface area (Å²) >= 11 is 0. The van der Waals surface area contributed by atoms with Crippen molar-refractivity contribution in [3.63, 3.8) is 0 Å². The van der Waals surface area contributed by atoms with E-state index in [-0.39, 0.29) is 11.3 Å². The Morgan fingerprint density at radius 1 is 1.12 bits per heavy atom. The van der Waals surface area contributed by atoms with Crippen LogP contribution in [0.25, 0.3) is 5.76 Å². The summed E-state index contributed by atoms with van der Waals surface area (Å²) in [6.45, 7) is 9.91. The molecular formula is C26H34N2O5. The first-order valence-electron chi connectivity index (χ1n) is 11.8. The zero-order valence-electron chi connectivity index (χ0n) is 19.8. The largest absolute Gasteiger partial charge is 0.507 e. The molecule has 1 N–H and O–H groups in total. The number of hydrogen-bond donors (Lipinski definition) is 1. The van der Waals surface area contributed by atoms with Gasteiger partial charge in [0.25, 0.3) is 11.7 Å². The van der Waals surface area contributed by atoms with Gasteiger partial charge in [0.05, 0.1) is 18.4 Å². The van der Waals surface area contributed by atoms with Gasteiger partial charge in [-0.05, 0) is 56.7 Å². The number of Topliss-reactive ketones (excluding diaryl/α,β-unsaturated/α-hetero) is 1. The van der Waals surface area contributed by atoms with Crippen molar-refractivity contribution < 1.29 is 23.8 Å². The van der Waals surface area contributed by atoms with E-state index < -0.39 is 17.7 Å². The van der Waals surface area contributed by atoms with E-state index in [2.05, 4.69) is 25.7 Å². The lowest BCUT2D eigenvalue weighted by molar-refractivity contribution is -0.140. The number of likely N-dealkylation sites (tertiary alicyclic amines) is 1. The molecule has 0 radical (unpaired) electrons. The number of hydrogen-bond acceptors (Lipinski definition) is 6. The number of aliphatic hydroxyl groups is 1. The van der Waals surface area contributed by atoms with Gasteiger partial charge in [-0.25, -0.2) is 0 Å². The number of furan rings is 1. The second kappa shape index (κ2) is 11.7. The van der Waals surface area contributed by atoms with Crippen LogP contribution in [0, 0.1) is 0 Å². The summed E-state index contributed by atoms with van der Waals surface area (Å²) in [7, 11) is 0. The van der Waals surface area contributed by atoms with Crippen molar-refractivity contribution in [3.8, 4) is 5.75 Å². The number of nitrogens with zero attached hydrogens (tertiary/aromatic N) is 2. The van der Waals surface area contributed by atoms with Crippen molar-refractivity contribution in [1.82, 2.24) is 9.80 Å². The van der Waals surface area contributed by atoms with Gasteiger partial charge in [-0.3, -0.25) is 9.59 Å². The number of rotatable bonds is 12. The van der Waals surface area contributed by atoms with Crippen molar-refractivity contribution >= 4 is 17.4 Å². The van der Waals surface area contributed by atoms with Gasteiger partial charge in [0.1, 0.15) is 23.3 Å². The van der Waals surface area contributed by atoms with E-state index in [0.29, 0.717) is 36.6 Å². The molecule has 7 nitrogen and oxygen atoms in total. The molecule has 7 heteroatoms. The summed E-state index contributed by atoms with van der Waals surface area (Å²) in [5.74, 6) is -0.478. The predicted molar refractivity (Wildman–Crippen MR) is 127 cm³/mol. The van der Waals surface area contributed by atoms with E-state index in [4.69, 9.17) is 9.15 Å². The van der Waals surface area contributed by atoms with Crippen LogP contribution in [0.5, 0.6) is 5.75 Å². The fourth-order valence-electron chi connectivity index (χ4n) is 4.08. The molecule has 0 saturated carbocycles. The lowest BCUT2D eigenvalue weighted by Crippen LogP contribution is -2.33. The van der Waals surface area contributed by atoms with E-state index >= 15 is 0 Å². The molecule has 1 aliphatic rings. The monoisotopic (exact) mass is 454 g/mol. The van der Waals surface area contributed by atoms with Gasteiger partial charge in [0.2, 0.25) is 0 Å². The van der Waals surface area contributed by atoms with Crippen LogP contribution in [0.15, 0.2) is 52.7 Å². The highest BCUT2D eigenvalue weighted by Crippen LogP contribution is 2.40. The molecule has 3 rings (SSSR count). The summed E-state index contributed by atoms with van der Waals surface area (Å²) in [6.07, 6.45) is 4.16. The first-order valence-corrected chi connectivity index (χ1v) is 11.8. The number of aliphatic hydroxyl groups excluding tert-OH is 1. The van der Waals surface area contributed by atoms with Crippen LogP contribution >= 0.6 is 0 Å². The minimum Gasteiger partial charge on any atom is -0.507 e. The second-order valence-electron chi connectivity index (χ2n) is 8.12. The van der Waals surface area contributed by atoms with E-state index in [1.807, 2.05) is 6.07 Å². The highest BCUT2D eigenvalue weighted by molar-refractivity contribution is 6.46. The smallest absolute Gasteiger partial charge is 0.295 e. The number of carbonyl (C=O) groups excluding carboxylic acids is 2. The zero-order valence-corrected chi connectivity index (χ0v) is 19.8. The van der Waals surface area contributed by atoms with Crippen molar-refractivity contribution in [2.75, 3.05) is 32.8 Å². The average Bonchev–Trinajstić information content (AvgIpc) is 3.44. The van der Waals surface area contributed by atoms with Crippen molar-refractivity contribution in [2.24, 2.45) is 0 Å². The Kier molecular flexibility index (Phi) is 8.72. The van der Waals surface area contributed by atoms with E-state index in [1.54, 1.807) is 30.3 Å². The number of ether oxygens (including phenoxy) is 1. The average molecular weight is 455 g/mol. The highest BCUT2D eigenvalue weighted by Gasteiger charge is 2.47. The van der Waals surface area contributed by atoms with Crippen LogP contribution in [-0.4, -0.2) is 59.4 Å². The number of benzene rings is 1. The molecule has 1 atom stereocenters. The Hall–Kier alpha value is -3.06. The molecule has 2 heterocycles. The van der Waals surface area contributed by atoms with Gasteiger partial charge >= 0.3 is 0 Å². The molecule has 0 bridgehead atoms. The third kappa shape index (κ3) is 5.66. The zero-order chi connectivity index (χ0) is 23.8. The highest BCUT2D eigenvalue weighted by atomic mass is 16.5. The maximum Gasteiger partial charge on any atom is 0.295 e. The van der Waals surface area contributed by atoms with Crippen LogP contribution in [0.1, 0.15) is 57.4 Å². The molecule has 0 spiro atoms.